The van der Waals surface area contributed by atoms with E-state index in [9.17, 15) is 13.2 Å². The number of anilines is 2. The summed E-state index contributed by atoms with van der Waals surface area (Å²) in [6.07, 6.45) is -3.58. The van der Waals surface area contributed by atoms with E-state index in [0.29, 0.717) is 16.6 Å². The number of fused-ring (bicyclic) bond motifs is 1. The maximum atomic E-state index is 12.7. The summed E-state index contributed by atoms with van der Waals surface area (Å²) in [4.78, 5) is 4.57. The van der Waals surface area contributed by atoms with Crippen LogP contribution in [0.1, 0.15) is 25.0 Å². The van der Waals surface area contributed by atoms with Gasteiger partial charge in [-0.2, -0.15) is 13.2 Å². The molecule has 4 rings (SSSR count). The third-order valence-corrected chi connectivity index (χ3v) is 5.37. The highest BCUT2D eigenvalue weighted by Gasteiger charge is 2.33. The van der Waals surface area contributed by atoms with E-state index in [1.165, 1.54) is 23.5 Å². The molecule has 0 unspecified atom stereocenters. The van der Waals surface area contributed by atoms with Crippen LogP contribution in [0.5, 0.6) is 11.5 Å². The Balaban J connectivity index is 1.57. The third kappa shape index (κ3) is 4.03. The maximum absolute atomic E-state index is 12.7. The molecular formula is C21H19F3N2O2S. The lowest BCUT2D eigenvalue weighted by atomic mass is 9.99. The Labute approximate surface area is 170 Å². The standard InChI is InChI=1S/C21H19F3N2O2S/c1-20(2)10-13-8-12(9-17(27-3)18(13)28-20)16-11-29-19(26-16)25-15-6-4-14(5-7-15)21(22,23)24/h4-9,11H,10H2,1-3H3,(H,25,26). The van der Waals surface area contributed by atoms with Gasteiger partial charge in [0.05, 0.1) is 18.4 Å². The number of nitrogens with one attached hydrogen (secondary N) is 1. The van der Waals surface area contributed by atoms with Crippen molar-refractivity contribution in [1.29, 1.82) is 0 Å². The zero-order chi connectivity index (χ0) is 20.8. The Hall–Kier alpha value is -2.74. The minimum atomic E-state index is -4.35. The van der Waals surface area contributed by atoms with Crippen LogP contribution in [0, 0.1) is 0 Å². The highest BCUT2D eigenvalue weighted by Crippen LogP contribution is 2.44. The second-order valence-corrected chi connectivity index (χ2v) is 8.30. The molecule has 2 aromatic carbocycles. The zero-order valence-electron chi connectivity index (χ0n) is 16.1. The van der Waals surface area contributed by atoms with Crippen LogP contribution in [-0.4, -0.2) is 17.7 Å². The molecule has 29 heavy (non-hydrogen) atoms. The van der Waals surface area contributed by atoms with Gasteiger partial charge in [0.1, 0.15) is 5.60 Å². The molecule has 3 aromatic rings. The monoisotopic (exact) mass is 420 g/mol. The molecular weight excluding hydrogens is 401 g/mol. The van der Waals surface area contributed by atoms with E-state index < -0.39 is 11.7 Å². The quantitative estimate of drug-likeness (QED) is 0.538. The average Bonchev–Trinajstić information content (AvgIpc) is 3.23. The van der Waals surface area contributed by atoms with E-state index in [4.69, 9.17) is 9.47 Å². The van der Waals surface area contributed by atoms with Crippen LogP contribution >= 0.6 is 11.3 Å². The molecule has 0 saturated carbocycles. The van der Waals surface area contributed by atoms with E-state index >= 15 is 0 Å². The number of methoxy groups -OCH3 is 1. The summed E-state index contributed by atoms with van der Waals surface area (Å²) in [5.74, 6) is 1.42. The molecule has 0 amide bonds. The van der Waals surface area contributed by atoms with Gasteiger partial charge in [-0.25, -0.2) is 4.98 Å². The zero-order valence-corrected chi connectivity index (χ0v) is 16.9. The molecule has 152 valence electrons. The van der Waals surface area contributed by atoms with Gasteiger partial charge in [0.2, 0.25) is 0 Å². The number of hydrogen-bond donors (Lipinski definition) is 1. The molecule has 1 N–H and O–H groups in total. The van der Waals surface area contributed by atoms with Gasteiger partial charge in [-0.05, 0) is 50.2 Å². The molecule has 4 nitrogen and oxygen atoms in total. The van der Waals surface area contributed by atoms with Crippen molar-refractivity contribution >= 4 is 22.2 Å². The van der Waals surface area contributed by atoms with Gasteiger partial charge in [0, 0.05) is 28.6 Å². The molecule has 0 saturated heterocycles. The minimum Gasteiger partial charge on any atom is -0.493 e. The lowest BCUT2D eigenvalue weighted by Crippen LogP contribution is -2.24. The van der Waals surface area contributed by atoms with Crippen LogP contribution < -0.4 is 14.8 Å². The molecule has 8 heteroatoms. The van der Waals surface area contributed by atoms with Gasteiger partial charge >= 0.3 is 6.18 Å². The fraction of sp³-hybridized carbons (Fsp3) is 0.286. The smallest absolute Gasteiger partial charge is 0.416 e. The normalized spacial score (nSPS) is 15.0. The van der Waals surface area contributed by atoms with Gasteiger partial charge in [0.15, 0.2) is 16.6 Å². The first kappa shape index (κ1) is 19.6. The number of halogens is 3. The van der Waals surface area contributed by atoms with Crippen molar-refractivity contribution in [2.24, 2.45) is 0 Å². The maximum Gasteiger partial charge on any atom is 0.416 e. The average molecular weight is 420 g/mol. The van der Waals surface area contributed by atoms with Gasteiger partial charge in [-0.1, -0.05) is 0 Å². The van der Waals surface area contributed by atoms with Crippen LogP contribution in [0.2, 0.25) is 0 Å². The molecule has 0 radical (unpaired) electrons. The summed E-state index contributed by atoms with van der Waals surface area (Å²) >= 11 is 1.38. The summed E-state index contributed by atoms with van der Waals surface area (Å²) in [5.41, 5.74) is 2.30. The van der Waals surface area contributed by atoms with Crippen molar-refractivity contribution in [3.63, 3.8) is 0 Å². The van der Waals surface area contributed by atoms with Crippen molar-refractivity contribution in [1.82, 2.24) is 4.98 Å². The van der Waals surface area contributed by atoms with Crippen molar-refractivity contribution in [3.8, 4) is 22.8 Å². The molecule has 0 atom stereocenters. The summed E-state index contributed by atoms with van der Waals surface area (Å²) in [6, 6.07) is 8.80. The molecule has 0 fully saturated rings. The number of thiazole rings is 1. The highest BCUT2D eigenvalue weighted by atomic mass is 32.1. The first-order valence-corrected chi connectivity index (χ1v) is 9.83. The Morgan fingerprint density at radius 1 is 1.17 bits per heavy atom. The number of aromatic nitrogens is 1. The second kappa shape index (κ2) is 6.95. The minimum absolute atomic E-state index is 0.286. The topological polar surface area (TPSA) is 43.4 Å². The summed E-state index contributed by atoms with van der Waals surface area (Å²) in [7, 11) is 1.60. The molecule has 1 aromatic heterocycles. The van der Waals surface area contributed by atoms with Crippen LogP contribution in [-0.2, 0) is 12.6 Å². The first-order chi connectivity index (χ1) is 13.6. The third-order valence-electron chi connectivity index (χ3n) is 4.61. The number of rotatable bonds is 4. The van der Waals surface area contributed by atoms with Gasteiger partial charge < -0.3 is 14.8 Å². The predicted octanol–water partition coefficient (Wildman–Crippen LogP) is 6.29. The molecule has 1 aliphatic rings. The lowest BCUT2D eigenvalue weighted by molar-refractivity contribution is -0.137. The van der Waals surface area contributed by atoms with Crippen LogP contribution in [0.4, 0.5) is 24.0 Å². The lowest BCUT2D eigenvalue weighted by Gasteiger charge is -2.17. The van der Waals surface area contributed by atoms with Gasteiger partial charge in [-0.3, -0.25) is 0 Å². The molecule has 0 aliphatic carbocycles. The van der Waals surface area contributed by atoms with Crippen molar-refractivity contribution in [3.05, 3.63) is 52.9 Å². The van der Waals surface area contributed by atoms with E-state index in [0.717, 1.165) is 41.1 Å². The fourth-order valence-electron chi connectivity index (χ4n) is 3.31. The summed E-state index contributed by atoms with van der Waals surface area (Å²) < 4.78 is 49.6. The van der Waals surface area contributed by atoms with Gasteiger partial charge in [0.25, 0.3) is 0 Å². The predicted molar refractivity (Wildman–Crippen MR) is 107 cm³/mol. The molecule has 0 spiro atoms. The van der Waals surface area contributed by atoms with E-state index in [-0.39, 0.29) is 5.60 Å². The number of nitrogens with zero attached hydrogens (tertiary/aromatic N) is 1. The second-order valence-electron chi connectivity index (χ2n) is 7.44. The van der Waals surface area contributed by atoms with Crippen molar-refractivity contribution < 1.29 is 22.6 Å². The largest absolute Gasteiger partial charge is 0.493 e. The van der Waals surface area contributed by atoms with Crippen LogP contribution in [0.3, 0.4) is 0 Å². The number of ether oxygens (including phenoxy) is 2. The highest BCUT2D eigenvalue weighted by molar-refractivity contribution is 7.14. The number of benzene rings is 2. The van der Waals surface area contributed by atoms with Gasteiger partial charge in [-0.15, -0.1) is 11.3 Å². The SMILES string of the molecule is COc1cc(-c2csc(Nc3ccc(C(F)(F)F)cc3)n2)cc2c1OC(C)(C)C2. The Morgan fingerprint density at radius 3 is 2.55 bits per heavy atom. The first-order valence-electron chi connectivity index (χ1n) is 8.95. The molecule has 0 bridgehead atoms. The summed E-state index contributed by atoms with van der Waals surface area (Å²) in [5, 5.41) is 5.54. The molecule has 2 heterocycles. The fourth-order valence-corrected chi connectivity index (χ4v) is 4.05. The number of alkyl halides is 3. The summed E-state index contributed by atoms with van der Waals surface area (Å²) in [6.45, 7) is 4.06. The van der Waals surface area contributed by atoms with Crippen LogP contribution in [0.15, 0.2) is 41.8 Å². The van der Waals surface area contributed by atoms with E-state index in [1.807, 2.05) is 31.4 Å². The number of hydrogen-bond acceptors (Lipinski definition) is 5. The van der Waals surface area contributed by atoms with E-state index in [2.05, 4.69) is 10.3 Å². The van der Waals surface area contributed by atoms with Crippen LogP contribution in [0.25, 0.3) is 11.3 Å². The Morgan fingerprint density at radius 2 is 1.90 bits per heavy atom. The van der Waals surface area contributed by atoms with E-state index in [1.54, 1.807) is 7.11 Å². The Bertz CT molecular complexity index is 1040. The van der Waals surface area contributed by atoms with Crippen molar-refractivity contribution in [2.45, 2.75) is 32.0 Å². The van der Waals surface area contributed by atoms with Crippen molar-refractivity contribution in [2.75, 3.05) is 12.4 Å². The molecule has 1 aliphatic heterocycles. The Kier molecular flexibility index (Phi) is 4.69.